The molecule has 0 aromatic carbocycles. The first-order valence-corrected chi connectivity index (χ1v) is 7.48. The van der Waals surface area contributed by atoms with Crippen LogP contribution in [0.5, 0.6) is 0 Å². The van der Waals surface area contributed by atoms with Gasteiger partial charge in [0.15, 0.2) is 0 Å². The van der Waals surface area contributed by atoms with Crippen LogP contribution in [0.2, 0.25) is 0 Å². The van der Waals surface area contributed by atoms with E-state index >= 15 is 0 Å². The van der Waals surface area contributed by atoms with Gasteiger partial charge in [-0.1, -0.05) is 0 Å². The average molecular weight is 269 g/mol. The number of piperidine rings is 1. The van der Waals surface area contributed by atoms with Crippen molar-refractivity contribution in [2.75, 3.05) is 45.8 Å². The fourth-order valence-electron chi connectivity index (χ4n) is 3.28. The van der Waals surface area contributed by atoms with E-state index in [1.54, 1.807) is 0 Å². The van der Waals surface area contributed by atoms with Gasteiger partial charge in [0.05, 0.1) is 6.54 Å². The Morgan fingerprint density at radius 1 is 1.21 bits per heavy atom. The highest BCUT2D eigenvalue weighted by Gasteiger charge is 2.29. The number of rotatable bonds is 4. The zero-order valence-corrected chi connectivity index (χ0v) is 12.2. The Balaban J connectivity index is 1.80. The molecule has 19 heavy (non-hydrogen) atoms. The molecule has 0 aliphatic carbocycles. The fourth-order valence-corrected chi connectivity index (χ4v) is 3.28. The van der Waals surface area contributed by atoms with Crippen LogP contribution in [0.15, 0.2) is 0 Å². The number of nitrogens with zero attached hydrogens (tertiary/aromatic N) is 3. The van der Waals surface area contributed by atoms with Crippen molar-refractivity contribution in [3.63, 3.8) is 0 Å². The Bertz CT molecular complexity index is 301. The Morgan fingerprint density at radius 3 is 2.47 bits per heavy atom. The normalized spacial score (nSPS) is 27.8. The minimum Gasteiger partial charge on any atom is -0.480 e. The molecule has 0 aromatic rings. The molecule has 5 heteroatoms. The number of aliphatic carboxylic acids is 1. The van der Waals surface area contributed by atoms with Gasteiger partial charge in [0.2, 0.25) is 0 Å². The first-order chi connectivity index (χ1) is 9.06. The van der Waals surface area contributed by atoms with Crippen LogP contribution in [0.4, 0.5) is 0 Å². The Morgan fingerprint density at radius 2 is 1.89 bits per heavy atom. The summed E-state index contributed by atoms with van der Waals surface area (Å²) in [4.78, 5) is 18.0. The van der Waals surface area contributed by atoms with Crippen LogP contribution in [-0.4, -0.2) is 83.7 Å². The number of carboxylic acid groups (broad SMARTS) is 1. The molecule has 0 spiro atoms. The minimum atomic E-state index is -0.703. The van der Waals surface area contributed by atoms with Crippen LogP contribution in [0.3, 0.4) is 0 Å². The molecule has 0 bridgehead atoms. The summed E-state index contributed by atoms with van der Waals surface area (Å²) in [5.41, 5.74) is 0. The monoisotopic (exact) mass is 269 g/mol. The van der Waals surface area contributed by atoms with Crippen molar-refractivity contribution in [1.82, 2.24) is 14.7 Å². The Labute approximate surface area is 116 Å². The molecule has 2 rings (SSSR count). The second-order valence-electron chi connectivity index (χ2n) is 6.09. The molecular weight excluding hydrogens is 242 g/mol. The average Bonchev–Trinajstić information content (AvgIpc) is 2.38. The van der Waals surface area contributed by atoms with Crippen molar-refractivity contribution in [1.29, 1.82) is 0 Å². The van der Waals surface area contributed by atoms with Crippen molar-refractivity contribution in [2.24, 2.45) is 0 Å². The van der Waals surface area contributed by atoms with Crippen molar-refractivity contribution >= 4 is 5.97 Å². The molecule has 2 aliphatic heterocycles. The zero-order chi connectivity index (χ0) is 13.8. The van der Waals surface area contributed by atoms with Crippen molar-refractivity contribution in [2.45, 2.75) is 38.8 Å². The molecule has 5 nitrogen and oxygen atoms in total. The third kappa shape index (κ3) is 4.16. The fraction of sp³-hybridized carbons (Fsp3) is 0.929. The molecule has 1 N–H and O–H groups in total. The highest BCUT2D eigenvalue weighted by atomic mass is 16.4. The topological polar surface area (TPSA) is 47.0 Å². The molecule has 0 saturated carbocycles. The summed E-state index contributed by atoms with van der Waals surface area (Å²) >= 11 is 0. The van der Waals surface area contributed by atoms with E-state index in [0.29, 0.717) is 12.1 Å². The molecular formula is C14H27N3O2. The predicted molar refractivity (Wildman–Crippen MR) is 75.4 cm³/mol. The van der Waals surface area contributed by atoms with E-state index in [1.165, 1.54) is 6.42 Å². The number of hydrogen-bond donors (Lipinski definition) is 1. The van der Waals surface area contributed by atoms with Gasteiger partial charge in [0.1, 0.15) is 0 Å². The maximum atomic E-state index is 10.8. The zero-order valence-electron chi connectivity index (χ0n) is 12.2. The lowest BCUT2D eigenvalue weighted by Crippen LogP contribution is -2.56. The maximum Gasteiger partial charge on any atom is 0.317 e. The minimum absolute atomic E-state index is 0.197. The van der Waals surface area contributed by atoms with Crippen LogP contribution in [0.1, 0.15) is 26.7 Å². The summed E-state index contributed by atoms with van der Waals surface area (Å²) < 4.78 is 0. The van der Waals surface area contributed by atoms with Gasteiger partial charge in [0.25, 0.3) is 0 Å². The van der Waals surface area contributed by atoms with E-state index in [4.69, 9.17) is 5.11 Å². The van der Waals surface area contributed by atoms with E-state index in [-0.39, 0.29) is 6.54 Å². The first kappa shape index (κ1) is 14.8. The van der Waals surface area contributed by atoms with Crippen LogP contribution < -0.4 is 0 Å². The van der Waals surface area contributed by atoms with Gasteiger partial charge < -0.3 is 5.11 Å². The second-order valence-corrected chi connectivity index (χ2v) is 6.09. The van der Waals surface area contributed by atoms with E-state index < -0.39 is 5.97 Å². The summed E-state index contributed by atoms with van der Waals surface area (Å²) in [6.07, 6.45) is 2.35. The molecule has 1 atom stereocenters. The summed E-state index contributed by atoms with van der Waals surface area (Å²) in [6, 6.07) is 1.19. The second kappa shape index (κ2) is 6.68. The predicted octanol–water partition coefficient (Wildman–Crippen LogP) is 0.561. The SMILES string of the molecule is CC(C)N1CCN(C2CCCN(CC(=O)O)C2)CC1. The summed E-state index contributed by atoms with van der Waals surface area (Å²) in [7, 11) is 0. The molecule has 2 aliphatic rings. The van der Waals surface area contributed by atoms with Gasteiger partial charge in [0, 0.05) is 44.8 Å². The van der Waals surface area contributed by atoms with Gasteiger partial charge >= 0.3 is 5.97 Å². The molecule has 2 heterocycles. The van der Waals surface area contributed by atoms with Gasteiger partial charge in [-0.2, -0.15) is 0 Å². The largest absolute Gasteiger partial charge is 0.480 e. The van der Waals surface area contributed by atoms with Crippen LogP contribution in [-0.2, 0) is 4.79 Å². The number of hydrogen-bond acceptors (Lipinski definition) is 4. The van der Waals surface area contributed by atoms with Gasteiger partial charge in [-0.15, -0.1) is 0 Å². The molecule has 2 fully saturated rings. The van der Waals surface area contributed by atoms with E-state index in [0.717, 1.165) is 45.7 Å². The number of carboxylic acids is 1. The lowest BCUT2D eigenvalue weighted by atomic mass is 10.0. The third-order valence-corrected chi connectivity index (χ3v) is 4.44. The van der Waals surface area contributed by atoms with Crippen LogP contribution >= 0.6 is 0 Å². The van der Waals surface area contributed by atoms with Crippen LogP contribution in [0, 0.1) is 0 Å². The lowest BCUT2D eigenvalue weighted by molar-refractivity contribution is -0.138. The molecule has 110 valence electrons. The van der Waals surface area contributed by atoms with E-state index in [2.05, 4.69) is 28.5 Å². The number of carbonyl (C=O) groups is 1. The number of likely N-dealkylation sites (tertiary alicyclic amines) is 1. The standard InChI is InChI=1S/C14H27N3O2/c1-12(2)16-6-8-17(9-7-16)13-4-3-5-15(10-13)11-14(18)19/h12-13H,3-11H2,1-2H3,(H,18,19). The van der Waals surface area contributed by atoms with Crippen LogP contribution in [0.25, 0.3) is 0 Å². The van der Waals surface area contributed by atoms with Gasteiger partial charge in [-0.25, -0.2) is 0 Å². The molecule has 0 radical (unpaired) electrons. The van der Waals surface area contributed by atoms with Crippen molar-refractivity contribution in [3.05, 3.63) is 0 Å². The molecule has 0 aromatic heterocycles. The van der Waals surface area contributed by atoms with Crippen molar-refractivity contribution < 1.29 is 9.90 Å². The van der Waals surface area contributed by atoms with E-state index in [9.17, 15) is 4.79 Å². The highest BCUT2D eigenvalue weighted by Crippen LogP contribution is 2.18. The summed E-state index contributed by atoms with van der Waals surface area (Å²) in [6.45, 7) is 11.1. The van der Waals surface area contributed by atoms with Gasteiger partial charge in [-0.3, -0.25) is 19.5 Å². The third-order valence-electron chi connectivity index (χ3n) is 4.44. The first-order valence-electron chi connectivity index (χ1n) is 7.48. The summed E-state index contributed by atoms with van der Waals surface area (Å²) in [5, 5.41) is 8.90. The smallest absolute Gasteiger partial charge is 0.317 e. The maximum absolute atomic E-state index is 10.8. The highest BCUT2D eigenvalue weighted by molar-refractivity contribution is 5.69. The number of piperazine rings is 1. The lowest BCUT2D eigenvalue weighted by Gasteiger charge is -2.44. The van der Waals surface area contributed by atoms with Gasteiger partial charge in [-0.05, 0) is 33.2 Å². The molecule has 2 saturated heterocycles. The molecule has 0 amide bonds. The summed E-state index contributed by atoms with van der Waals surface area (Å²) in [5.74, 6) is -0.703. The Kier molecular flexibility index (Phi) is 5.19. The quantitative estimate of drug-likeness (QED) is 0.808. The van der Waals surface area contributed by atoms with Crippen molar-refractivity contribution in [3.8, 4) is 0 Å². The Hall–Kier alpha value is -0.650. The molecule has 1 unspecified atom stereocenters. The van der Waals surface area contributed by atoms with E-state index in [1.807, 2.05) is 0 Å².